The fraction of sp³-hybridized carbons (Fsp3) is 0.294. The van der Waals surface area contributed by atoms with Gasteiger partial charge in [0.25, 0.3) is 0 Å². The molecule has 0 unspecified atom stereocenters. The molecule has 0 bridgehead atoms. The lowest BCUT2D eigenvalue weighted by atomic mass is 10.2. The molecule has 0 spiro atoms. The van der Waals surface area contributed by atoms with Crippen molar-refractivity contribution in [2.75, 3.05) is 29.0 Å². The molecule has 7 nitrogen and oxygen atoms in total. The molecule has 0 radical (unpaired) electrons. The third-order valence-corrected chi connectivity index (χ3v) is 3.55. The number of aryl methyl sites for hydroxylation is 1. The van der Waals surface area contributed by atoms with Gasteiger partial charge in [-0.1, -0.05) is 18.2 Å². The number of nitrogens with one attached hydrogen (secondary N) is 1. The van der Waals surface area contributed by atoms with Crippen LogP contribution in [0.25, 0.3) is 0 Å². The summed E-state index contributed by atoms with van der Waals surface area (Å²) in [6.07, 6.45) is 2.09. The van der Waals surface area contributed by atoms with Gasteiger partial charge in [0.2, 0.25) is 0 Å². The number of nitriles is 2. The van der Waals surface area contributed by atoms with Crippen molar-refractivity contribution in [1.82, 2.24) is 9.97 Å². The maximum absolute atomic E-state index is 8.82. The zero-order valence-corrected chi connectivity index (χ0v) is 13.5. The minimum atomic E-state index is 0.329. The predicted octanol–water partition coefficient (Wildman–Crippen LogP) is 2.74. The number of nitrogens with zero attached hydrogens (tertiary/aromatic N) is 5. The second-order valence-corrected chi connectivity index (χ2v) is 5.20. The van der Waals surface area contributed by atoms with Gasteiger partial charge in [0, 0.05) is 18.8 Å². The number of hydrogen-bond donors (Lipinski definition) is 2. The molecule has 0 fully saturated rings. The summed E-state index contributed by atoms with van der Waals surface area (Å²) in [7, 11) is 0. The summed E-state index contributed by atoms with van der Waals surface area (Å²) < 4.78 is 0. The molecule has 7 heteroatoms. The average Bonchev–Trinajstić information content (AvgIpc) is 2.59. The lowest BCUT2D eigenvalue weighted by Crippen LogP contribution is -2.27. The van der Waals surface area contributed by atoms with Crippen molar-refractivity contribution in [2.45, 2.75) is 19.8 Å². The summed E-state index contributed by atoms with van der Waals surface area (Å²) in [6.45, 7) is 2.92. The molecule has 0 saturated carbocycles. The fourth-order valence-corrected chi connectivity index (χ4v) is 2.27. The SMILES string of the molecule is Cc1ccccc1Nc1ncnc(N(CCC#N)CCC#N)c1N. The summed E-state index contributed by atoms with van der Waals surface area (Å²) in [6, 6.07) is 12.0. The van der Waals surface area contributed by atoms with E-state index in [1.165, 1.54) is 6.33 Å². The Hall–Kier alpha value is -3.32. The molecule has 0 atom stereocenters. The van der Waals surface area contributed by atoms with Crippen molar-refractivity contribution < 1.29 is 0 Å². The highest BCUT2D eigenvalue weighted by Gasteiger charge is 2.15. The molecule has 1 aromatic heterocycles. The number of rotatable bonds is 7. The number of nitrogen functional groups attached to an aromatic ring is 1. The summed E-state index contributed by atoms with van der Waals surface area (Å²) >= 11 is 0. The van der Waals surface area contributed by atoms with E-state index in [4.69, 9.17) is 16.3 Å². The van der Waals surface area contributed by atoms with E-state index < -0.39 is 0 Å². The molecule has 2 rings (SSSR count). The van der Waals surface area contributed by atoms with Crippen LogP contribution in [0.1, 0.15) is 18.4 Å². The largest absolute Gasteiger partial charge is 0.393 e. The first-order valence-electron chi connectivity index (χ1n) is 7.59. The number of hydrogen-bond acceptors (Lipinski definition) is 7. The molecule has 0 aliphatic carbocycles. The smallest absolute Gasteiger partial charge is 0.159 e. The van der Waals surface area contributed by atoms with Gasteiger partial charge in [0.05, 0.1) is 25.0 Å². The van der Waals surface area contributed by atoms with Gasteiger partial charge >= 0.3 is 0 Å². The van der Waals surface area contributed by atoms with Crippen molar-refractivity contribution in [2.24, 2.45) is 0 Å². The molecule has 0 aliphatic rings. The summed E-state index contributed by atoms with van der Waals surface area (Å²) in [5, 5.41) is 20.9. The van der Waals surface area contributed by atoms with Crippen LogP contribution in [0, 0.1) is 29.6 Å². The number of anilines is 4. The van der Waals surface area contributed by atoms with Crippen molar-refractivity contribution in [1.29, 1.82) is 10.5 Å². The van der Waals surface area contributed by atoms with E-state index in [9.17, 15) is 0 Å². The second-order valence-electron chi connectivity index (χ2n) is 5.20. The highest BCUT2D eigenvalue weighted by atomic mass is 15.2. The Morgan fingerprint density at radius 2 is 1.79 bits per heavy atom. The maximum atomic E-state index is 8.82. The normalized spacial score (nSPS) is 9.79. The fourth-order valence-electron chi connectivity index (χ4n) is 2.27. The van der Waals surface area contributed by atoms with Crippen molar-refractivity contribution in [3.05, 3.63) is 36.2 Å². The number of benzene rings is 1. The molecule has 24 heavy (non-hydrogen) atoms. The van der Waals surface area contributed by atoms with E-state index >= 15 is 0 Å². The van der Waals surface area contributed by atoms with Crippen LogP contribution in [0.2, 0.25) is 0 Å². The summed E-state index contributed by atoms with van der Waals surface area (Å²) in [5.74, 6) is 1.04. The maximum Gasteiger partial charge on any atom is 0.159 e. The summed E-state index contributed by atoms with van der Waals surface area (Å²) in [4.78, 5) is 10.3. The second kappa shape index (κ2) is 8.35. The standard InChI is InChI=1S/C17H19N7/c1-13-6-2-3-7-14(13)23-16-15(20)17(22-12-21-16)24(10-4-8-18)11-5-9-19/h2-3,6-7,12H,4-5,10-11,20H2,1H3,(H,21,22,23). The number of para-hydroxylation sites is 1. The van der Waals surface area contributed by atoms with Crippen LogP contribution in [0.15, 0.2) is 30.6 Å². The number of aromatic nitrogens is 2. The van der Waals surface area contributed by atoms with Gasteiger partial charge in [0.15, 0.2) is 11.6 Å². The molecule has 2 aromatic rings. The molecular weight excluding hydrogens is 302 g/mol. The van der Waals surface area contributed by atoms with Crippen LogP contribution in [0.5, 0.6) is 0 Å². The predicted molar refractivity (Wildman–Crippen MR) is 93.6 cm³/mol. The summed E-state index contributed by atoms with van der Waals surface area (Å²) in [5.41, 5.74) is 8.61. The van der Waals surface area contributed by atoms with Crippen molar-refractivity contribution in [3.8, 4) is 12.1 Å². The van der Waals surface area contributed by atoms with Gasteiger partial charge < -0.3 is 16.0 Å². The van der Waals surface area contributed by atoms with Crippen molar-refractivity contribution >= 4 is 23.0 Å². The Labute approximate surface area is 141 Å². The van der Waals surface area contributed by atoms with Crippen LogP contribution in [0.3, 0.4) is 0 Å². The van der Waals surface area contributed by atoms with E-state index in [1.54, 1.807) is 0 Å². The van der Waals surface area contributed by atoms with Gasteiger partial charge in [-0.05, 0) is 18.6 Å². The van der Waals surface area contributed by atoms with Crippen LogP contribution in [-0.2, 0) is 0 Å². The lowest BCUT2D eigenvalue weighted by molar-refractivity contribution is 0.782. The van der Waals surface area contributed by atoms with Crippen LogP contribution >= 0.6 is 0 Å². The molecule has 1 aromatic carbocycles. The molecule has 0 saturated heterocycles. The molecule has 0 amide bonds. The van der Waals surface area contributed by atoms with Gasteiger partial charge in [-0.2, -0.15) is 10.5 Å². The Morgan fingerprint density at radius 1 is 1.12 bits per heavy atom. The Kier molecular flexibility index (Phi) is 5.93. The highest BCUT2D eigenvalue weighted by molar-refractivity contribution is 5.78. The van der Waals surface area contributed by atoms with E-state index in [2.05, 4.69) is 27.4 Å². The first kappa shape index (κ1) is 17.0. The Morgan fingerprint density at radius 3 is 2.42 bits per heavy atom. The molecule has 0 aliphatic heterocycles. The lowest BCUT2D eigenvalue weighted by Gasteiger charge is -2.23. The Bertz CT molecular complexity index is 755. The third kappa shape index (κ3) is 4.11. The monoisotopic (exact) mass is 321 g/mol. The van der Waals surface area contributed by atoms with Crippen LogP contribution < -0.4 is 16.0 Å². The van der Waals surface area contributed by atoms with E-state index in [-0.39, 0.29) is 0 Å². The van der Waals surface area contributed by atoms with Crippen molar-refractivity contribution in [3.63, 3.8) is 0 Å². The van der Waals surface area contributed by atoms with Crippen LogP contribution in [-0.4, -0.2) is 23.1 Å². The van der Waals surface area contributed by atoms with Gasteiger partial charge in [-0.25, -0.2) is 9.97 Å². The zero-order valence-electron chi connectivity index (χ0n) is 13.5. The third-order valence-electron chi connectivity index (χ3n) is 3.55. The minimum Gasteiger partial charge on any atom is -0.393 e. The first-order chi connectivity index (χ1) is 11.7. The average molecular weight is 321 g/mol. The topological polar surface area (TPSA) is 115 Å². The molecule has 1 heterocycles. The van der Waals surface area contributed by atoms with Gasteiger partial charge in [0.1, 0.15) is 12.0 Å². The minimum absolute atomic E-state index is 0.329. The van der Waals surface area contributed by atoms with Gasteiger partial charge in [-0.15, -0.1) is 0 Å². The molecular formula is C17H19N7. The highest BCUT2D eigenvalue weighted by Crippen LogP contribution is 2.29. The quantitative estimate of drug-likeness (QED) is 0.805. The molecule has 3 N–H and O–H groups in total. The Balaban J connectivity index is 2.30. The van der Waals surface area contributed by atoms with E-state index in [0.29, 0.717) is 43.3 Å². The molecule has 122 valence electrons. The van der Waals surface area contributed by atoms with E-state index in [1.807, 2.05) is 36.1 Å². The zero-order chi connectivity index (χ0) is 17.4. The van der Waals surface area contributed by atoms with Gasteiger partial charge in [-0.3, -0.25) is 0 Å². The van der Waals surface area contributed by atoms with E-state index in [0.717, 1.165) is 11.3 Å². The first-order valence-corrected chi connectivity index (χ1v) is 7.59. The number of nitrogens with two attached hydrogens (primary N) is 1. The van der Waals surface area contributed by atoms with Crippen LogP contribution in [0.4, 0.5) is 23.0 Å².